The van der Waals surface area contributed by atoms with Gasteiger partial charge in [0.1, 0.15) is 12.7 Å². The van der Waals surface area contributed by atoms with Crippen LogP contribution in [0, 0.1) is 6.92 Å². The quantitative estimate of drug-likeness (QED) is 0.684. The zero-order valence-corrected chi connectivity index (χ0v) is 7.81. The van der Waals surface area contributed by atoms with Crippen molar-refractivity contribution in [3.63, 3.8) is 0 Å². The van der Waals surface area contributed by atoms with Gasteiger partial charge in [-0.25, -0.2) is 15.0 Å². The number of aryl methyl sites for hydroxylation is 1. The third-order valence-electron chi connectivity index (χ3n) is 1.94. The Hall–Kier alpha value is -1.97. The van der Waals surface area contributed by atoms with Gasteiger partial charge in [0.05, 0.1) is 0 Å². The number of hydrogen-bond donors (Lipinski definition) is 1. The van der Waals surface area contributed by atoms with Crippen molar-refractivity contribution in [2.24, 2.45) is 0 Å². The van der Waals surface area contributed by atoms with Crippen LogP contribution in [0.5, 0.6) is 0 Å². The molecule has 4 heteroatoms. The number of nitrogen functional groups attached to an aromatic ring is 1. The van der Waals surface area contributed by atoms with Crippen LogP contribution >= 0.6 is 0 Å². The van der Waals surface area contributed by atoms with Gasteiger partial charge in [-0.2, -0.15) is 0 Å². The maximum Gasteiger partial charge on any atom is 0.164 e. The van der Waals surface area contributed by atoms with E-state index in [0.717, 1.165) is 11.1 Å². The molecule has 1 aromatic heterocycles. The van der Waals surface area contributed by atoms with Crippen molar-refractivity contribution in [1.82, 2.24) is 15.0 Å². The third-order valence-corrected chi connectivity index (χ3v) is 1.94. The number of hydrogen-bond acceptors (Lipinski definition) is 4. The van der Waals surface area contributed by atoms with Crippen molar-refractivity contribution in [1.29, 1.82) is 0 Å². The van der Waals surface area contributed by atoms with Gasteiger partial charge in [0, 0.05) is 11.3 Å². The first-order valence-corrected chi connectivity index (χ1v) is 4.26. The minimum atomic E-state index is 0.612. The van der Waals surface area contributed by atoms with Crippen molar-refractivity contribution in [2.45, 2.75) is 6.92 Å². The molecule has 0 bridgehead atoms. The normalized spacial score (nSPS) is 10.1. The molecule has 0 radical (unpaired) electrons. The molecule has 0 amide bonds. The Kier molecular flexibility index (Phi) is 2.10. The second-order valence-electron chi connectivity index (χ2n) is 3.05. The standard InChI is InChI=1S/C10H10N4/c1-7-2-3-9(11)8(4-7)10-13-5-12-6-14-10/h2-6H,11H2,1H3. The molecule has 0 unspecified atom stereocenters. The average Bonchev–Trinajstić information content (AvgIpc) is 2.23. The summed E-state index contributed by atoms with van der Waals surface area (Å²) in [6, 6.07) is 5.78. The lowest BCUT2D eigenvalue weighted by Crippen LogP contribution is -1.95. The van der Waals surface area contributed by atoms with Gasteiger partial charge in [0.15, 0.2) is 5.82 Å². The van der Waals surface area contributed by atoms with Gasteiger partial charge in [-0.05, 0) is 19.1 Å². The first-order chi connectivity index (χ1) is 6.77. The lowest BCUT2D eigenvalue weighted by Gasteiger charge is -2.04. The molecule has 0 spiro atoms. The Labute approximate surface area is 81.9 Å². The average molecular weight is 186 g/mol. The summed E-state index contributed by atoms with van der Waals surface area (Å²) in [5.74, 6) is 0.612. The number of aromatic nitrogens is 3. The fourth-order valence-corrected chi connectivity index (χ4v) is 1.24. The molecule has 0 saturated carbocycles. The number of benzene rings is 1. The SMILES string of the molecule is Cc1ccc(N)c(-c2ncncn2)c1. The molecular formula is C10H10N4. The topological polar surface area (TPSA) is 64.7 Å². The molecule has 70 valence electrons. The molecule has 2 N–H and O–H groups in total. The maximum absolute atomic E-state index is 5.82. The van der Waals surface area contributed by atoms with E-state index in [1.54, 1.807) is 0 Å². The highest BCUT2D eigenvalue weighted by molar-refractivity contribution is 5.71. The van der Waals surface area contributed by atoms with Gasteiger partial charge in [-0.3, -0.25) is 0 Å². The van der Waals surface area contributed by atoms with Crippen molar-refractivity contribution in [2.75, 3.05) is 5.73 Å². The Morgan fingerprint density at radius 3 is 2.57 bits per heavy atom. The molecule has 1 heterocycles. The van der Waals surface area contributed by atoms with E-state index >= 15 is 0 Å². The molecule has 1 aromatic carbocycles. The lowest BCUT2D eigenvalue weighted by atomic mass is 10.1. The number of anilines is 1. The predicted molar refractivity (Wildman–Crippen MR) is 54.4 cm³/mol. The van der Waals surface area contributed by atoms with Gasteiger partial charge >= 0.3 is 0 Å². The third kappa shape index (κ3) is 1.54. The summed E-state index contributed by atoms with van der Waals surface area (Å²) in [7, 11) is 0. The van der Waals surface area contributed by atoms with Crippen molar-refractivity contribution >= 4 is 5.69 Å². The largest absolute Gasteiger partial charge is 0.398 e. The molecule has 0 fully saturated rings. The van der Waals surface area contributed by atoms with E-state index in [1.165, 1.54) is 12.7 Å². The summed E-state index contributed by atoms with van der Waals surface area (Å²) < 4.78 is 0. The van der Waals surface area contributed by atoms with E-state index in [0.29, 0.717) is 11.5 Å². The summed E-state index contributed by atoms with van der Waals surface area (Å²) >= 11 is 0. The Balaban J connectivity index is 2.57. The van der Waals surface area contributed by atoms with Gasteiger partial charge < -0.3 is 5.73 Å². The van der Waals surface area contributed by atoms with E-state index in [4.69, 9.17) is 5.73 Å². The van der Waals surface area contributed by atoms with Crippen molar-refractivity contribution in [3.8, 4) is 11.4 Å². The van der Waals surface area contributed by atoms with Crippen LogP contribution < -0.4 is 5.73 Å². The highest BCUT2D eigenvalue weighted by Crippen LogP contribution is 2.22. The van der Waals surface area contributed by atoms with Crippen LogP contribution in [0.25, 0.3) is 11.4 Å². The second kappa shape index (κ2) is 3.41. The van der Waals surface area contributed by atoms with Crippen LogP contribution in [-0.2, 0) is 0 Å². The first kappa shape index (κ1) is 8.62. The van der Waals surface area contributed by atoms with Gasteiger partial charge in [-0.15, -0.1) is 0 Å². The lowest BCUT2D eigenvalue weighted by molar-refractivity contribution is 1.06. The summed E-state index contributed by atoms with van der Waals surface area (Å²) in [6.07, 6.45) is 2.92. The van der Waals surface area contributed by atoms with Crippen LogP contribution in [-0.4, -0.2) is 15.0 Å². The fourth-order valence-electron chi connectivity index (χ4n) is 1.24. The second-order valence-corrected chi connectivity index (χ2v) is 3.05. The van der Waals surface area contributed by atoms with Gasteiger partial charge in [0.25, 0.3) is 0 Å². The molecule has 4 nitrogen and oxygen atoms in total. The van der Waals surface area contributed by atoms with Crippen LogP contribution in [0.4, 0.5) is 5.69 Å². The summed E-state index contributed by atoms with van der Waals surface area (Å²) in [6.45, 7) is 2.00. The maximum atomic E-state index is 5.82. The van der Waals surface area contributed by atoms with Gasteiger partial charge in [-0.1, -0.05) is 11.6 Å². The van der Waals surface area contributed by atoms with E-state index in [-0.39, 0.29) is 0 Å². The number of nitrogens with zero attached hydrogens (tertiary/aromatic N) is 3. The zero-order chi connectivity index (χ0) is 9.97. The molecule has 2 rings (SSSR count). The predicted octanol–water partition coefficient (Wildman–Crippen LogP) is 1.43. The number of nitrogens with two attached hydrogens (primary N) is 1. The minimum absolute atomic E-state index is 0.612. The van der Waals surface area contributed by atoms with E-state index in [9.17, 15) is 0 Å². The van der Waals surface area contributed by atoms with Crippen LogP contribution in [0.1, 0.15) is 5.56 Å². The highest BCUT2D eigenvalue weighted by Gasteiger charge is 2.04. The Morgan fingerprint density at radius 1 is 1.14 bits per heavy atom. The summed E-state index contributed by atoms with van der Waals surface area (Å²) in [5.41, 5.74) is 8.49. The minimum Gasteiger partial charge on any atom is -0.398 e. The number of rotatable bonds is 1. The van der Waals surface area contributed by atoms with Crippen LogP contribution in [0.15, 0.2) is 30.9 Å². The molecule has 0 saturated heterocycles. The smallest absolute Gasteiger partial charge is 0.164 e. The fraction of sp³-hybridized carbons (Fsp3) is 0.100. The monoisotopic (exact) mass is 186 g/mol. The first-order valence-electron chi connectivity index (χ1n) is 4.26. The molecular weight excluding hydrogens is 176 g/mol. The highest BCUT2D eigenvalue weighted by atomic mass is 15.0. The van der Waals surface area contributed by atoms with E-state index in [1.807, 2.05) is 25.1 Å². The summed E-state index contributed by atoms with van der Waals surface area (Å²) in [5, 5.41) is 0. The van der Waals surface area contributed by atoms with Gasteiger partial charge in [0.2, 0.25) is 0 Å². The van der Waals surface area contributed by atoms with Crippen molar-refractivity contribution < 1.29 is 0 Å². The van der Waals surface area contributed by atoms with Crippen molar-refractivity contribution in [3.05, 3.63) is 36.4 Å². The molecule has 2 aromatic rings. The molecule has 0 atom stereocenters. The summed E-state index contributed by atoms with van der Waals surface area (Å²) in [4.78, 5) is 11.9. The molecule has 0 aliphatic rings. The van der Waals surface area contributed by atoms with E-state index < -0.39 is 0 Å². The molecule has 0 aliphatic heterocycles. The molecule has 14 heavy (non-hydrogen) atoms. The Morgan fingerprint density at radius 2 is 1.86 bits per heavy atom. The van der Waals surface area contributed by atoms with Crippen LogP contribution in [0.3, 0.4) is 0 Å². The van der Waals surface area contributed by atoms with E-state index in [2.05, 4.69) is 15.0 Å². The van der Waals surface area contributed by atoms with Crippen LogP contribution in [0.2, 0.25) is 0 Å². The Bertz CT molecular complexity index is 439. The zero-order valence-electron chi connectivity index (χ0n) is 7.81. The molecule has 0 aliphatic carbocycles.